The monoisotopic (exact) mass is 225 g/mol. The topological polar surface area (TPSA) is 57.6 Å². The van der Waals surface area contributed by atoms with Crippen molar-refractivity contribution in [1.29, 1.82) is 0 Å². The number of amides is 1. The standard InChI is InChI=1S/C12H19NO3/c1-9(2)7-11(14)13(8-12(15)16)10-5-3-4-6-10/h7,10H,3-6,8H2,1-2H3,(H,15,16). The predicted molar refractivity (Wildman–Crippen MR) is 61.0 cm³/mol. The number of carboxylic acid groups (broad SMARTS) is 1. The molecule has 1 amide bonds. The molecular formula is C12H19NO3. The van der Waals surface area contributed by atoms with E-state index in [-0.39, 0.29) is 18.5 Å². The Balaban J connectivity index is 2.73. The summed E-state index contributed by atoms with van der Waals surface area (Å²) in [4.78, 5) is 24.1. The summed E-state index contributed by atoms with van der Waals surface area (Å²) in [5, 5.41) is 8.81. The second kappa shape index (κ2) is 5.68. The van der Waals surface area contributed by atoms with E-state index in [1.165, 1.54) is 11.0 Å². The molecule has 0 atom stereocenters. The molecule has 1 N–H and O–H groups in total. The van der Waals surface area contributed by atoms with Gasteiger partial charge in [-0.25, -0.2) is 0 Å². The molecule has 1 fully saturated rings. The summed E-state index contributed by atoms with van der Waals surface area (Å²) in [5.74, 6) is -1.11. The van der Waals surface area contributed by atoms with Crippen LogP contribution in [0.2, 0.25) is 0 Å². The van der Waals surface area contributed by atoms with Crippen LogP contribution in [0.1, 0.15) is 39.5 Å². The van der Waals surface area contributed by atoms with Crippen molar-refractivity contribution >= 4 is 11.9 Å². The van der Waals surface area contributed by atoms with Crippen molar-refractivity contribution in [3.8, 4) is 0 Å². The Morgan fingerprint density at radius 3 is 2.31 bits per heavy atom. The highest BCUT2D eigenvalue weighted by atomic mass is 16.4. The third-order valence-corrected chi connectivity index (χ3v) is 2.77. The van der Waals surface area contributed by atoms with E-state index in [1.807, 2.05) is 13.8 Å². The van der Waals surface area contributed by atoms with E-state index in [1.54, 1.807) is 0 Å². The van der Waals surface area contributed by atoms with Crippen molar-refractivity contribution in [1.82, 2.24) is 4.90 Å². The van der Waals surface area contributed by atoms with Crippen LogP contribution in [0.4, 0.5) is 0 Å². The van der Waals surface area contributed by atoms with Crippen LogP contribution < -0.4 is 0 Å². The smallest absolute Gasteiger partial charge is 0.323 e. The van der Waals surface area contributed by atoms with Gasteiger partial charge in [0, 0.05) is 12.1 Å². The molecule has 0 saturated heterocycles. The zero-order valence-corrected chi connectivity index (χ0v) is 9.90. The van der Waals surface area contributed by atoms with E-state index >= 15 is 0 Å². The maximum absolute atomic E-state index is 11.9. The Hall–Kier alpha value is -1.32. The number of hydrogen-bond acceptors (Lipinski definition) is 2. The zero-order valence-electron chi connectivity index (χ0n) is 9.90. The van der Waals surface area contributed by atoms with E-state index in [2.05, 4.69) is 0 Å². The molecule has 0 heterocycles. The number of carbonyl (C=O) groups excluding carboxylic acids is 1. The van der Waals surface area contributed by atoms with Gasteiger partial charge in [0.25, 0.3) is 0 Å². The first-order valence-electron chi connectivity index (χ1n) is 5.68. The number of nitrogens with zero attached hydrogens (tertiary/aromatic N) is 1. The number of carbonyl (C=O) groups is 2. The number of aliphatic carboxylic acids is 1. The minimum Gasteiger partial charge on any atom is -0.480 e. The molecule has 1 rings (SSSR count). The Morgan fingerprint density at radius 1 is 1.31 bits per heavy atom. The van der Waals surface area contributed by atoms with Gasteiger partial charge in [-0.2, -0.15) is 0 Å². The summed E-state index contributed by atoms with van der Waals surface area (Å²) < 4.78 is 0. The van der Waals surface area contributed by atoms with E-state index in [0.29, 0.717) is 0 Å². The number of allylic oxidation sites excluding steroid dienone is 1. The first kappa shape index (κ1) is 12.7. The minimum atomic E-state index is -0.942. The number of rotatable bonds is 4. The van der Waals surface area contributed by atoms with Crippen molar-refractivity contribution in [2.24, 2.45) is 0 Å². The van der Waals surface area contributed by atoms with Gasteiger partial charge in [-0.1, -0.05) is 18.4 Å². The average molecular weight is 225 g/mol. The van der Waals surface area contributed by atoms with Crippen LogP contribution >= 0.6 is 0 Å². The molecule has 0 aromatic rings. The summed E-state index contributed by atoms with van der Waals surface area (Å²) >= 11 is 0. The van der Waals surface area contributed by atoms with E-state index in [0.717, 1.165) is 31.3 Å². The van der Waals surface area contributed by atoms with Crippen LogP contribution in [0.3, 0.4) is 0 Å². The highest BCUT2D eigenvalue weighted by Gasteiger charge is 2.27. The fraction of sp³-hybridized carbons (Fsp3) is 0.667. The Bertz CT molecular complexity index is 299. The van der Waals surface area contributed by atoms with Crippen molar-refractivity contribution < 1.29 is 14.7 Å². The molecule has 0 aromatic carbocycles. The first-order chi connectivity index (χ1) is 7.50. The fourth-order valence-corrected chi connectivity index (χ4v) is 2.08. The van der Waals surface area contributed by atoms with Gasteiger partial charge in [-0.3, -0.25) is 9.59 Å². The molecule has 0 aromatic heterocycles. The maximum atomic E-state index is 11.9. The van der Waals surface area contributed by atoms with Gasteiger partial charge in [-0.05, 0) is 26.7 Å². The van der Waals surface area contributed by atoms with Crippen molar-refractivity contribution in [2.45, 2.75) is 45.6 Å². The lowest BCUT2D eigenvalue weighted by molar-refractivity contribution is -0.144. The maximum Gasteiger partial charge on any atom is 0.323 e. The molecule has 0 radical (unpaired) electrons. The normalized spacial score (nSPS) is 15.9. The van der Waals surface area contributed by atoms with Crippen LogP contribution in [-0.2, 0) is 9.59 Å². The second-order valence-corrected chi connectivity index (χ2v) is 4.52. The summed E-state index contributed by atoms with van der Waals surface area (Å²) in [7, 11) is 0. The Kier molecular flexibility index (Phi) is 4.52. The molecule has 90 valence electrons. The summed E-state index contributed by atoms with van der Waals surface area (Å²) in [6.07, 6.45) is 5.54. The van der Waals surface area contributed by atoms with Crippen LogP contribution in [-0.4, -0.2) is 34.5 Å². The predicted octanol–water partition coefficient (Wildman–Crippen LogP) is 1.81. The lowest BCUT2D eigenvalue weighted by atomic mass is 10.2. The van der Waals surface area contributed by atoms with E-state index in [9.17, 15) is 9.59 Å². The van der Waals surface area contributed by atoms with E-state index < -0.39 is 5.97 Å². The van der Waals surface area contributed by atoms with Crippen molar-refractivity contribution in [2.75, 3.05) is 6.54 Å². The summed E-state index contributed by atoms with van der Waals surface area (Å²) in [5.41, 5.74) is 0.901. The van der Waals surface area contributed by atoms with Crippen LogP contribution in [0.25, 0.3) is 0 Å². The third-order valence-electron chi connectivity index (χ3n) is 2.77. The molecule has 16 heavy (non-hydrogen) atoms. The molecular weight excluding hydrogens is 206 g/mol. The molecule has 1 saturated carbocycles. The second-order valence-electron chi connectivity index (χ2n) is 4.52. The average Bonchev–Trinajstić information content (AvgIpc) is 2.64. The Labute approximate surface area is 95.9 Å². The van der Waals surface area contributed by atoms with Gasteiger partial charge < -0.3 is 10.0 Å². The quantitative estimate of drug-likeness (QED) is 0.742. The molecule has 0 unspecified atom stereocenters. The lowest BCUT2D eigenvalue weighted by Gasteiger charge is -2.26. The first-order valence-corrected chi connectivity index (χ1v) is 5.68. The molecule has 0 aliphatic heterocycles. The van der Waals surface area contributed by atoms with Crippen molar-refractivity contribution in [3.05, 3.63) is 11.6 Å². The number of carboxylic acids is 1. The summed E-state index contributed by atoms with van der Waals surface area (Å²) in [6, 6.07) is 0.110. The lowest BCUT2D eigenvalue weighted by Crippen LogP contribution is -2.41. The van der Waals surface area contributed by atoms with Gasteiger partial charge in [0.1, 0.15) is 6.54 Å². The molecule has 0 bridgehead atoms. The highest BCUT2D eigenvalue weighted by molar-refractivity contribution is 5.90. The molecule has 4 nitrogen and oxygen atoms in total. The fourth-order valence-electron chi connectivity index (χ4n) is 2.08. The van der Waals surface area contributed by atoms with Gasteiger partial charge in [0.05, 0.1) is 0 Å². The molecule has 1 aliphatic rings. The van der Waals surface area contributed by atoms with Gasteiger partial charge in [0.2, 0.25) is 5.91 Å². The molecule has 1 aliphatic carbocycles. The van der Waals surface area contributed by atoms with Crippen LogP contribution in [0.5, 0.6) is 0 Å². The van der Waals surface area contributed by atoms with Crippen LogP contribution in [0, 0.1) is 0 Å². The highest BCUT2D eigenvalue weighted by Crippen LogP contribution is 2.23. The van der Waals surface area contributed by atoms with Gasteiger partial charge >= 0.3 is 5.97 Å². The third kappa shape index (κ3) is 3.68. The zero-order chi connectivity index (χ0) is 12.1. The van der Waals surface area contributed by atoms with Crippen molar-refractivity contribution in [3.63, 3.8) is 0 Å². The van der Waals surface area contributed by atoms with E-state index in [4.69, 9.17) is 5.11 Å². The Morgan fingerprint density at radius 2 is 1.88 bits per heavy atom. The molecule has 4 heteroatoms. The van der Waals surface area contributed by atoms with Gasteiger partial charge in [0.15, 0.2) is 0 Å². The minimum absolute atomic E-state index is 0.110. The van der Waals surface area contributed by atoms with Gasteiger partial charge in [-0.15, -0.1) is 0 Å². The number of hydrogen-bond donors (Lipinski definition) is 1. The molecule has 0 spiro atoms. The largest absolute Gasteiger partial charge is 0.480 e. The SMILES string of the molecule is CC(C)=CC(=O)N(CC(=O)O)C1CCCC1. The summed E-state index contributed by atoms with van der Waals surface area (Å²) in [6.45, 7) is 3.49. The van der Waals surface area contributed by atoms with Crippen LogP contribution in [0.15, 0.2) is 11.6 Å².